The van der Waals surface area contributed by atoms with Gasteiger partial charge in [0.05, 0.1) is 6.61 Å². The molecule has 0 fully saturated rings. The van der Waals surface area contributed by atoms with Crippen molar-refractivity contribution in [1.82, 2.24) is 15.1 Å². The van der Waals surface area contributed by atoms with Crippen molar-refractivity contribution in [3.8, 4) is 5.75 Å². The number of nitrogens with zero attached hydrogens (tertiary/aromatic N) is 2. The molecule has 1 aromatic heterocycles. The van der Waals surface area contributed by atoms with Gasteiger partial charge in [0.2, 0.25) is 0 Å². The van der Waals surface area contributed by atoms with E-state index < -0.39 is 0 Å². The van der Waals surface area contributed by atoms with E-state index >= 15 is 0 Å². The van der Waals surface area contributed by atoms with Gasteiger partial charge in [0, 0.05) is 35.5 Å². The molecule has 4 nitrogen and oxygen atoms in total. The number of aromatic nitrogens is 2. The highest BCUT2D eigenvalue weighted by molar-refractivity contribution is 9.10. The van der Waals surface area contributed by atoms with Crippen molar-refractivity contribution in [2.24, 2.45) is 0 Å². The molecule has 0 radical (unpaired) electrons. The predicted molar refractivity (Wildman–Crippen MR) is 88.5 cm³/mol. The lowest BCUT2D eigenvalue weighted by Gasteiger charge is -2.12. The Bertz CT molecular complexity index is 528. The molecule has 0 aliphatic heterocycles. The van der Waals surface area contributed by atoms with E-state index in [2.05, 4.69) is 39.3 Å². The number of hydrogen-bond acceptors (Lipinski definition) is 3. The number of hydrogen-bond donors (Lipinski definition) is 1. The molecule has 1 N–H and O–H groups in total. The number of benzene rings is 1. The third-order valence-electron chi connectivity index (χ3n) is 3.10. The largest absolute Gasteiger partial charge is 0.493 e. The molecular formula is C16H22BrN3O. The highest BCUT2D eigenvalue weighted by Gasteiger charge is 2.04. The predicted octanol–water partition coefficient (Wildman–Crippen LogP) is 3.61. The lowest BCUT2D eigenvalue weighted by Crippen LogP contribution is -2.17. The smallest absolute Gasteiger partial charge is 0.123 e. The van der Waals surface area contributed by atoms with Crippen LogP contribution in [0.2, 0.25) is 0 Å². The van der Waals surface area contributed by atoms with E-state index in [1.165, 1.54) is 5.56 Å². The first kappa shape index (κ1) is 16.0. The number of aryl methyl sites for hydroxylation is 1. The lowest BCUT2D eigenvalue weighted by atomic mass is 10.2. The van der Waals surface area contributed by atoms with Crippen LogP contribution in [0.3, 0.4) is 0 Å². The van der Waals surface area contributed by atoms with Crippen molar-refractivity contribution in [3.05, 3.63) is 46.7 Å². The van der Waals surface area contributed by atoms with Gasteiger partial charge in [-0.1, -0.05) is 22.9 Å². The van der Waals surface area contributed by atoms with Gasteiger partial charge in [-0.3, -0.25) is 4.68 Å². The van der Waals surface area contributed by atoms with Crippen molar-refractivity contribution in [1.29, 1.82) is 0 Å². The van der Waals surface area contributed by atoms with Gasteiger partial charge in [-0.15, -0.1) is 0 Å². The van der Waals surface area contributed by atoms with E-state index in [0.717, 1.165) is 49.3 Å². The van der Waals surface area contributed by atoms with Crippen LogP contribution in [-0.4, -0.2) is 22.9 Å². The van der Waals surface area contributed by atoms with E-state index in [-0.39, 0.29) is 0 Å². The minimum atomic E-state index is 0.758. The quantitative estimate of drug-likeness (QED) is 0.701. The number of rotatable bonds is 9. The minimum absolute atomic E-state index is 0.758. The number of ether oxygens (including phenoxy) is 1. The molecular weight excluding hydrogens is 330 g/mol. The fourth-order valence-corrected chi connectivity index (χ4v) is 2.47. The highest BCUT2D eigenvalue weighted by Crippen LogP contribution is 2.23. The molecule has 0 unspecified atom stereocenters. The zero-order chi connectivity index (χ0) is 14.9. The van der Waals surface area contributed by atoms with Gasteiger partial charge < -0.3 is 10.1 Å². The molecule has 0 aliphatic rings. The van der Waals surface area contributed by atoms with Crippen molar-refractivity contribution in [2.45, 2.75) is 32.9 Å². The number of halogens is 1. The molecule has 114 valence electrons. The highest BCUT2D eigenvalue weighted by atomic mass is 79.9. The average molecular weight is 352 g/mol. The maximum Gasteiger partial charge on any atom is 0.123 e. The standard InChI is InChI=1S/C16H22BrN3O/c1-2-11-21-16-6-5-15(17)12-14(16)13-18-7-3-9-20-10-4-8-19-20/h4-6,8,10,12,18H,2-3,7,9,11,13H2,1H3. The van der Waals surface area contributed by atoms with E-state index in [1.54, 1.807) is 0 Å². The second-order valence-electron chi connectivity index (χ2n) is 4.90. The van der Waals surface area contributed by atoms with E-state index in [0.29, 0.717) is 0 Å². The first-order valence-corrected chi connectivity index (χ1v) is 8.18. The van der Waals surface area contributed by atoms with Gasteiger partial charge in [-0.2, -0.15) is 5.10 Å². The third-order valence-corrected chi connectivity index (χ3v) is 3.59. The zero-order valence-electron chi connectivity index (χ0n) is 12.4. The molecule has 0 bridgehead atoms. The molecule has 0 atom stereocenters. The summed E-state index contributed by atoms with van der Waals surface area (Å²) in [6.45, 7) is 5.59. The second kappa shape index (κ2) is 8.85. The van der Waals surface area contributed by atoms with Crippen molar-refractivity contribution < 1.29 is 4.74 Å². The Labute approximate surface area is 134 Å². The molecule has 2 rings (SSSR count). The van der Waals surface area contributed by atoms with Crippen molar-refractivity contribution in [3.63, 3.8) is 0 Å². The molecule has 0 saturated carbocycles. The maximum absolute atomic E-state index is 5.78. The molecule has 5 heteroatoms. The van der Waals surface area contributed by atoms with Crippen molar-refractivity contribution in [2.75, 3.05) is 13.2 Å². The van der Waals surface area contributed by atoms with E-state index in [9.17, 15) is 0 Å². The summed E-state index contributed by atoms with van der Waals surface area (Å²) in [7, 11) is 0. The summed E-state index contributed by atoms with van der Waals surface area (Å²) < 4.78 is 8.82. The number of nitrogens with one attached hydrogen (secondary N) is 1. The molecule has 1 aromatic carbocycles. The molecule has 21 heavy (non-hydrogen) atoms. The van der Waals surface area contributed by atoms with Crippen LogP contribution in [0.1, 0.15) is 25.3 Å². The molecule has 2 aromatic rings. The fraction of sp³-hybridized carbons (Fsp3) is 0.438. The Balaban J connectivity index is 1.77. The Kier molecular flexibility index (Phi) is 6.76. The molecule has 0 saturated heterocycles. The third kappa shape index (κ3) is 5.52. The van der Waals surface area contributed by atoms with Crippen LogP contribution in [0.25, 0.3) is 0 Å². The van der Waals surface area contributed by atoms with Gasteiger partial charge in [0.15, 0.2) is 0 Å². The van der Waals surface area contributed by atoms with Crippen LogP contribution in [0.15, 0.2) is 41.1 Å². The second-order valence-corrected chi connectivity index (χ2v) is 5.82. The lowest BCUT2D eigenvalue weighted by molar-refractivity contribution is 0.313. The van der Waals surface area contributed by atoms with Gasteiger partial charge in [-0.25, -0.2) is 0 Å². The monoisotopic (exact) mass is 351 g/mol. The Hall–Kier alpha value is -1.33. The fourth-order valence-electron chi connectivity index (χ4n) is 2.06. The van der Waals surface area contributed by atoms with Gasteiger partial charge in [0.25, 0.3) is 0 Å². The molecule has 0 amide bonds. The topological polar surface area (TPSA) is 39.1 Å². The van der Waals surface area contributed by atoms with Crippen LogP contribution in [0.5, 0.6) is 5.75 Å². The molecule has 0 spiro atoms. The van der Waals surface area contributed by atoms with Gasteiger partial charge >= 0.3 is 0 Å². The van der Waals surface area contributed by atoms with E-state index in [4.69, 9.17) is 4.74 Å². The Morgan fingerprint density at radius 1 is 1.38 bits per heavy atom. The maximum atomic E-state index is 5.78. The minimum Gasteiger partial charge on any atom is -0.493 e. The summed E-state index contributed by atoms with van der Waals surface area (Å²) in [4.78, 5) is 0. The van der Waals surface area contributed by atoms with E-state index in [1.807, 2.05) is 35.3 Å². The van der Waals surface area contributed by atoms with Crippen molar-refractivity contribution >= 4 is 15.9 Å². The Morgan fingerprint density at radius 3 is 3.05 bits per heavy atom. The van der Waals surface area contributed by atoms with Crippen LogP contribution in [0, 0.1) is 0 Å². The van der Waals surface area contributed by atoms with Gasteiger partial charge in [-0.05, 0) is 43.7 Å². The normalized spacial score (nSPS) is 10.8. The molecule has 0 aliphatic carbocycles. The Morgan fingerprint density at radius 2 is 2.29 bits per heavy atom. The molecule has 1 heterocycles. The van der Waals surface area contributed by atoms with Gasteiger partial charge in [0.1, 0.15) is 5.75 Å². The first-order chi connectivity index (χ1) is 10.3. The first-order valence-electron chi connectivity index (χ1n) is 7.39. The van der Waals surface area contributed by atoms with Crippen LogP contribution < -0.4 is 10.1 Å². The summed E-state index contributed by atoms with van der Waals surface area (Å²) in [6, 6.07) is 8.12. The summed E-state index contributed by atoms with van der Waals surface area (Å²) in [5.41, 5.74) is 1.19. The van der Waals surface area contributed by atoms with Crippen LogP contribution >= 0.6 is 15.9 Å². The summed E-state index contributed by atoms with van der Waals surface area (Å²) in [5.74, 6) is 0.972. The zero-order valence-corrected chi connectivity index (χ0v) is 14.0. The average Bonchev–Trinajstić information content (AvgIpc) is 2.99. The summed E-state index contributed by atoms with van der Waals surface area (Å²) >= 11 is 3.52. The van der Waals surface area contributed by atoms with Crippen LogP contribution in [-0.2, 0) is 13.1 Å². The SMILES string of the molecule is CCCOc1ccc(Br)cc1CNCCCn1cccn1. The summed E-state index contributed by atoms with van der Waals surface area (Å²) in [5, 5.41) is 7.66. The van der Waals surface area contributed by atoms with Crippen LogP contribution in [0.4, 0.5) is 0 Å². The summed E-state index contributed by atoms with van der Waals surface area (Å²) in [6.07, 6.45) is 5.88.